The van der Waals surface area contributed by atoms with Gasteiger partial charge in [0.25, 0.3) is 5.91 Å². The average Bonchev–Trinajstić information content (AvgIpc) is 3.40. The highest BCUT2D eigenvalue weighted by atomic mass is 16.5. The van der Waals surface area contributed by atoms with Crippen LogP contribution in [0.5, 0.6) is 0 Å². The molecule has 0 atom stereocenters. The lowest BCUT2D eigenvalue weighted by atomic mass is 9.84. The predicted molar refractivity (Wildman–Crippen MR) is 126 cm³/mol. The first-order valence-electron chi connectivity index (χ1n) is 11.5. The van der Waals surface area contributed by atoms with Gasteiger partial charge in [-0.25, -0.2) is 0 Å². The van der Waals surface area contributed by atoms with Gasteiger partial charge in [-0.1, -0.05) is 24.3 Å². The average molecular weight is 448 g/mol. The molecule has 0 aliphatic carbocycles. The molecule has 0 spiro atoms. The van der Waals surface area contributed by atoms with Crippen LogP contribution in [0.25, 0.3) is 10.9 Å². The molecule has 2 aromatic carbocycles. The Morgan fingerprint density at radius 3 is 2.73 bits per heavy atom. The number of ether oxygens (including phenoxy) is 2. The standard InChI is InChI=1S/C26H29N3O4/c1-32-16-13-28-12-9-21-22(7-4-8-23(21)28)27-24(30)17-26(10-14-33-15-11-26)29-18-19-5-2-3-6-20(19)25(29)31/h2-9,12H,10-11,13-18H2,1H3,(H,27,30). The largest absolute Gasteiger partial charge is 0.383 e. The quantitative estimate of drug-likeness (QED) is 0.598. The third-order valence-corrected chi connectivity index (χ3v) is 6.93. The second-order valence-electron chi connectivity index (χ2n) is 8.85. The van der Waals surface area contributed by atoms with Crippen molar-refractivity contribution >= 4 is 28.4 Å². The normalized spacial score (nSPS) is 17.4. The van der Waals surface area contributed by atoms with Gasteiger partial charge in [0.15, 0.2) is 0 Å². The van der Waals surface area contributed by atoms with Crippen molar-refractivity contribution in [1.82, 2.24) is 9.47 Å². The predicted octanol–water partition coefficient (Wildman–Crippen LogP) is 3.82. The van der Waals surface area contributed by atoms with Crippen molar-refractivity contribution in [1.29, 1.82) is 0 Å². The summed E-state index contributed by atoms with van der Waals surface area (Å²) >= 11 is 0. The maximum atomic E-state index is 13.3. The maximum absolute atomic E-state index is 13.3. The first-order chi connectivity index (χ1) is 16.1. The Morgan fingerprint density at radius 1 is 1.12 bits per heavy atom. The molecular formula is C26H29N3O4. The van der Waals surface area contributed by atoms with Gasteiger partial charge in [0.05, 0.1) is 29.8 Å². The van der Waals surface area contributed by atoms with E-state index < -0.39 is 5.54 Å². The minimum Gasteiger partial charge on any atom is -0.383 e. The van der Waals surface area contributed by atoms with E-state index in [2.05, 4.69) is 9.88 Å². The molecule has 0 radical (unpaired) electrons. The highest BCUT2D eigenvalue weighted by Crippen LogP contribution is 2.38. The van der Waals surface area contributed by atoms with Crippen LogP contribution in [0.4, 0.5) is 5.69 Å². The number of carbonyl (C=O) groups excluding carboxylic acids is 2. The van der Waals surface area contributed by atoms with Gasteiger partial charge >= 0.3 is 0 Å². The fourth-order valence-electron chi connectivity index (χ4n) is 5.14. The molecule has 7 nitrogen and oxygen atoms in total. The van der Waals surface area contributed by atoms with Crippen molar-refractivity contribution in [3.05, 3.63) is 65.9 Å². The van der Waals surface area contributed by atoms with Gasteiger partial charge in [0, 0.05) is 50.6 Å². The molecule has 0 saturated carbocycles. The van der Waals surface area contributed by atoms with Gasteiger partial charge in [0.1, 0.15) is 0 Å². The number of aromatic nitrogens is 1. The Balaban J connectivity index is 1.37. The molecule has 33 heavy (non-hydrogen) atoms. The highest BCUT2D eigenvalue weighted by Gasteiger charge is 2.46. The summed E-state index contributed by atoms with van der Waals surface area (Å²) in [5.41, 5.74) is 3.06. The Hall–Kier alpha value is -3.16. The molecule has 1 N–H and O–H groups in total. The molecule has 7 heteroatoms. The number of benzene rings is 2. The van der Waals surface area contributed by atoms with Crippen molar-refractivity contribution in [2.45, 2.75) is 37.9 Å². The lowest BCUT2D eigenvalue weighted by Crippen LogP contribution is -2.54. The van der Waals surface area contributed by atoms with E-state index in [9.17, 15) is 9.59 Å². The summed E-state index contributed by atoms with van der Waals surface area (Å²) in [7, 11) is 1.69. The van der Waals surface area contributed by atoms with Crippen LogP contribution in [0, 0.1) is 0 Å². The smallest absolute Gasteiger partial charge is 0.254 e. The number of anilines is 1. The van der Waals surface area contributed by atoms with Gasteiger partial charge in [-0.2, -0.15) is 0 Å². The summed E-state index contributed by atoms with van der Waals surface area (Å²) < 4.78 is 12.9. The van der Waals surface area contributed by atoms with Crippen molar-refractivity contribution in [2.75, 3.05) is 32.2 Å². The summed E-state index contributed by atoms with van der Waals surface area (Å²) in [6.45, 7) is 3.01. The second-order valence-corrected chi connectivity index (χ2v) is 8.85. The number of fused-ring (bicyclic) bond motifs is 2. The lowest BCUT2D eigenvalue weighted by Gasteiger charge is -2.44. The summed E-state index contributed by atoms with van der Waals surface area (Å²) in [6.07, 6.45) is 3.56. The molecular weight excluding hydrogens is 418 g/mol. The Bertz CT molecular complexity index is 1180. The topological polar surface area (TPSA) is 72.8 Å². The molecule has 1 fully saturated rings. The number of hydrogen-bond acceptors (Lipinski definition) is 4. The number of methoxy groups -OCH3 is 1. The number of carbonyl (C=O) groups is 2. The number of rotatable bonds is 7. The van der Waals surface area contributed by atoms with E-state index in [0.29, 0.717) is 39.2 Å². The molecule has 5 rings (SSSR count). The van der Waals surface area contributed by atoms with Crippen molar-refractivity contribution in [3.8, 4) is 0 Å². The molecule has 2 amide bonds. The van der Waals surface area contributed by atoms with E-state index in [1.54, 1.807) is 7.11 Å². The molecule has 0 unspecified atom stereocenters. The van der Waals surface area contributed by atoms with Crippen LogP contribution in [-0.4, -0.2) is 53.8 Å². The summed E-state index contributed by atoms with van der Waals surface area (Å²) in [5, 5.41) is 4.12. The van der Waals surface area contributed by atoms with Crippen LogP contribution in [-0.2, 0) is 27.4 Å². The summed E-state index contributed by atoms with van der Waals surface area (Å²) in [5.74, 6) is -0.0737. The molecule has 0 bridgehead atoms. The third-order valence-electron chi connectivity index (χ3n) is 6.93. The molecule has 3 heterocycles. The number of hydrogen-bond donors (Lipinski definition) is 1. The van der Waals surface area contributed by atoms with Crippen LogP contribution in [0.3, 0.4) is 0 Å². The summed E-state index contributed by atoms with van der Waals surface area (Å²) in [4.78, 5) is 28.5. The van der Waals surface area contributed by atoms with Gasteiger partial charge in [0.2, 0.25) is 5.91 Å². The van der Waals surface area contributed by atoms with Crippen molar-refractivity contribution in [2.24, 2.45) is 0 Å². The van der Waals surface area contributed by atoms with Crippen LogP contribution in [0.15, 0.2) is 54.7 Å². The Morgan fingerprint density at radius 2 is 1.94 bits per heavy atom. The van der Waals surface area contributed by atoms with Crippen molar-refractivity contribution in [3.63, 3.8) is 0 Å². The van der Waals surface area contributed by atoms with Crippen molar-refractivity contribution < 1.29 is 19.1 Å². The first-order valence-corrected chi connectivity index (χ1v) is 11.5. The monoisotopic (exact) mass is 447 g/mol. The zero-order chi connectivity index (χ0) is 22.8. The Kier molecular flexibility index (Phi) is 5.91. The van der Waals surface area contributed by atoms with E-state index >= 15 is 0 Å². The molecule has 2 aliphatic rings. The fourth-order valence-corrected chi connectivity index (χ4v) is 5.14. The highest BCUT2D eigenvalue weighted by molar-refractivity contribution is 6.03. The van der Waals surface area contributed by atoms with Gasteiger partial charge in [-0.15, -0.1) is 0 Å². The molecule has 1 saturated heterocycles. The molecule has 3 aromatic rings. The molecule has 1 aromatic heterocycles. The van der Waals surface area contributed by atoms with Gasteiger partial charge in [-0.05, 0) is 42.7 Å². The van der Waals surface area contributed by atoms with E-state index in [4.69, 9.17) is 9.47 Å². The number of nitrogens with one attached hydrogen (secondary N) is 1. The molecule has 2 aliphatic heterocycles. The van der Waals surface area contributed by atoms with E-state index in [-0.39, 0.29) is 18.2 Å². The van der Waals surface area contributed by atoms with Crippen LogP contribution < -0.4 is 5.32 Å². The fraction of sp³-hybridized carbons (Fsp3) is 0.385. The van der Waals surface area contributed by atoms with E-state index in [1.807, 2.05) is 59.6 Å². The second kappa shape index (κ2) is 9.00. The van der Waals surface area contributed by atoms with Gasteiger partial charge < -0.3 is 24.3 Å². The lowest BCUT2D eigenvalue weighted by molar-refractivity contribution is -0.120. The first kappa shape index (κ1) is 21.7. The summed E-state index contributed by atoms with van der Waals surface area (Å²) in [6, 6.07) is 15.7. The third kappa shape index (κ3) is 4.03. The number of amides is 2. The van der Waals surface area contributed by atoms with E-state index in [0.717, 1.165) is 34.3 Å². The zero-order valence-electron chi connectivity index (χ0n) is 18.9. The molecule has 172 valence electrons. The Labute approximate surface area is 193 Å². The van der Waals surface area contributed by atoms with Crippen LogP contribution in [0.2, 0.25) is 0 Å². The maximum Gasteiger partial charge on any atom is 0.254 e. The SMILES string of the molecule is COCCn1ccc2c(NC(=O)CC3(N4Cc5ccccc5C4=O)CCOCC3)cccc21. The van der Waals surface area contributed by atoms with Crippen LogP contribution in [0.1, 0.15) is 35.2 Å². The van der Waals surface area contributed by atoms with Gasteiger partial charge in [-0.3, -0.25) is 9.59 Å². The van der Waals surface area contributed by atoms with Crippen LogP contribution >= 0.6 is 0 Å². The minimum atomic E-state index is -0.545. The minimum absolute atomic E-state index is 0.0117. The number of nitrogens with zero attached hydrogens (tertiary/aromatic N) is 2. The zero-order valence-corrected chi connectivity index (χ0v) is 18.9. The van der Waals surface area contributed by atoms with E-state index in [1.165, 1.54) is 0 Å².